The number of aromatic nitrogens is 2. The van der Waals surface area contributed by atoms with Gasteiger partial charge >= 0.3 is 0 Å². The number of para-hydroxylation sites is 2. The Kier molecular flexibility index (Phi) is 4.10. The van der Waals surface area contributed by atoms with E-state index < -0.39 is 0 Å². The molecule has 1 aliphatic rings. The van der Waals surface area contributed by atoms with E-state index in [9.17, 15) is 9.59 Å². The summed E-state index contributed by atoms with van der Waals surface area (Å²) < 4.78 is 12.7. The molecule has 1 N–H and O–H groups in total. The van der Waals surface area contributed by atoms with Gasteiger partial charge in [-0.05, 0) is 23.6 Å². The van der Waals surface area contributed by atoms with Crippen molar-refractivity contribution >= 4 is 27.5 Å². The van der Waals surface area contributed by atoms with Crippen LogP contribution in [0, 0.1) is 0 Å². The highest BCUT2D eigenvalue weighted by atomic mass is 32.1. The average molecular weight is 357 g/mol. The SMILES string of the molecule is O=C(Cn1cnc2sccc2c1=O)NC[C@H]1COc2ccccc2O1. The van der Waals surface area contributed by atoms with E-state index in [0.29, 0.717) is 34.9 Å². The van der Waals surface area contributed by atoms with Crippen LogP contribution in [0.4, 0.5) is 0 Å². The summed E-state index contributed by atoms with van der Waals surface area (Å²) in [5, 5.41) is 5.11. The summed E-state index contributed by atoms with van der Waals surface area (Å²) in [5.74, 6) is 1.09. The Balaban J connectivity index is 1.36. The number of nitrogens with one attached hydrogen (secondary N) is 1. The second-order valence-electron chi connectivity index (χ2n) is 5.62. The summed E-state index contributed by atoms with van der Waals surface area (Å²) in [6, 6.07) is 9.12. The van der Waals surface area contributed by atoms with Crippen LogP contribution < -0.4 is 20.3 Å². The molecule has 1 amide bonds. The number of fused-ring (bicyclic) bond motifs is 2. The van der Waals surface area contributed by atoms with Gasteiger partial charge in [-0.15, -0.1) is 11.3 Å². The number of hydrogen-bond donors (Lipinski definition) is 1. The van der Waals surface area contributed by atoms with Crippen molar-refractivity contribution in [2.24, 2.45) is 0 Å². The molecular weight excluding hydrogens is 342 g/mol. The summed E-state index contributed by atoms with van der Waals surface area (Å²) in [5.41, 5.74) is -0.215. The van der Waals surface area contributed by atoms with Gasteiger partial charge in [-0.25, -0.2) is 4.98 Å². The topological polar surface area (TPSA) is 82.5 Å². The van der Waals surface area contributed by atoms with Gasteiger partial charge in [0, 0.05) is 0 Å². The van der Waals surface area contributed by atoms with Crippen molar-refractivity contribution in [3.8, 4) is 11.5 Å². The summed E-state index contributed by atoms with van der Waals surface area (Å²) in [6.45, 7) is 0.581. The predicted molar refractivity (Wildman–Crippen MR) is 93.2 cm³/mol. The average Bonchev–Trinajstić information content (AvgIpc) is 3.12. The minimum absolute atomic E-state index is 0.0816. The highest BCUT2D eigenvalue weighted by molar-refractivity contribution is 7.16. The largest absolute Gasteiger partial charge is 0.486 e. The molecule has 7 nitrogen and oxygen atoms in total. The Hall–Kier alpha value is -2.87. The number of rotatable bonds is 4. The molecule has 0 fully saturated rings. The molecule has 0 spiro atoms. The first kappa shape index (κ1) is 15.6. The third-order valence-electron chi connectivity index (χ3n) is 3.86. The van der Waals surface area contributed by atoms with Gasteiger partial charge in [-0.2, -0.15) is 0 Å². The molecule has 8 heteroatoms. The summed E-state index contributed by atoms with van der Waals surface area (Å²) in [6.07, 6.45) is 1.13. The van der Waals surface area contributed by atoms with E-state index in [4.69, 9.17) is 9.47 Å². The standard InChI is InChI=1S/C17H15N3O4S/c21-15(8-20-10-19-16-12(17(20)22)5-6-25-16)18-7-11-9-23-13-3-1-2-4-14(13)24-11/h1-6,10-11H,7-9H2,(H,18,21)/t11-/m0/s1. The fourth-order valence-corrected chi connectivity index (χ4v) is 3.33. The lowest BCUT2D eigenvalue weighted by Gasteiger charge is -2.26. The summed E-state index contributed by atoms with van der Waals surface area (Å²) in [4.78, 5) is 29.3. The number of carbonyl (C=O) groups is 1. The quantitative estimate of drug-likeness (QED) is 0.763. The number of ether oxygens (including phenoxy) is 2. The summed E-state index contributed by atoms with van der Waals surface area (Å²) >= 11 is 1.40. The lowest BCUT2D eigenvalue weighted by Crippen LogP contribution is -2.42. The van der Waals surface area contributed by atoms with Crippen molar-refractivity contribution in [3.05, 3.63) is 52.4 Å². The van der Waals surface area contributed by atoms with E-state index in [1.54, 1.807) is 6.07 Å². The summed E-state index contributed by atoms with van der Waals surface area (Å²) in [7, 11) is 0. The zero-order chi connectivity index (χ0) is 17.2. The van der Waals surface area contributed by atoms with E-state index in [-0.39, 0.29) is 24.1 Å². The Bertz CT molecular complexity index is 981. The van der Waals surface area contributed by atoms with Gasteiger partial charge in [0.1, 0.15) is 24.1 Å². The molecule has 1 atom stereocenters. The lowest BCUT2D eigenvalue weighted by atomic mass is 10.2. The first-order valence-electron chi connectivity index (χ1n) is 7.78. The number of hydrogen-bond acceptors (Lipinski definition) is 6. The monoisotopic (exact) mass is 357 g/mol. The van der Waals surface area contributed by atoms with E-state index in [1.165, 1.54) is 22.2 Å². The molecular formula is C17H15N3O4S. The van der Waals surface area contributed by atoms with Gasteiger partial charge < -0.3 is 14.8 Å². The van der Waals surface area contributed by atoms with E-state index in [1.807, 2.05) is 29.6 Å². The molecule has 0 aliphatic carbocycles. The van der Waals surface area contributed by atoms with Crippen LogP contribution in [0.5, 0.6) is 11.5 Å². The molecule has 1 aromatic carbocycles. The highest BCUT2D eigenvalue weighted by Gasteiger charge is 2.21. The van der Waals surface area contributed by atoms with Gasteiger partial charge in [-0.1, -0.05) is 12.1 Å². The molecule has 3 heterocycles. The first-order chi connectivity index (χ1) is 12.2. The molecule has 1 aliphatic heterocycles. The highest BCUT2D eigenvalue weighted by Crippen LogP contribution is 2.30. The molecule has 25 heavy (non-hydrogen) atoms. The lowest BCUT2D eigenvalue weighted by molar-refractivity contribution is -0.122. The molecule has 0 bridgehead atoms. The Morgan fingerprint density at radius 3 is 3.04 bits per heavy atom. The van der Waals surface area contributed by atoms with Gasteiger partial charge in [0.25, 0.3) is 5.56 Å². The zero-order valence-electron chi connectivity index (χ0n) is 13.2. The van der Waals surface area contributed by atoms with Crippen molar-refractivity contribution in [1.82, 2.24) is 14.9 Å². The van der Waals surface area contributed by atoms with Crippen LogP contribution in [0.25, 0.3) is 10.2 Å². The van der Waals surface area contributed by atoms with Crippen molar-refractivity contribution in [2.75, 3.05) is 13.2 Å². The van der Waals surface area contributed by atoms with E-state index in [2.05, 4.69) is 10.3 Å². The van der Waals surface area contributed by atoms with Crippen molar-refractivity contribution in [2.45, 2.75) is 12.6 Å². The van der Waals surface area contributed by atoms with Gasteiger partial charge in [-0.3, -0.25) is 14.2 Å². The Morgan fingerprint density at radius 1 is 1.32 bits per heavy atom. The third kappa shape index (κ3) is 3.20. The van der Waals surface area contributed by atoms with Crippen molar-refractivity contribution < 1.29 is 14.3 Å². The molecule has 128 valence electrons. The van der Waals surface area contributed by atoms with Crippen LogP contribution in [0.15, 0.2) is 46.8 Å². The fraction of sp³-hybridized carbons (Fsp3) is 0.235. The second-order valence-corrected chi connectivity index (χ2v) is 6.51. The Morgan fingerprint density at radius 2 is 2.16 bits per heavy atom. The second kappa shape index (κ2) is 6.56. The molecule has 0 unspecified atom stereocenters. The molecule has 2 aromatic heterocycles. The van der Waals surface area contributed by atoms with Crippen LogP contribution in [-0.2, 0) is 11.3 Å². The molecule has 0 saturated heterocycles. The Labute approximate surface area is 146 Å². The number of nitrogens with zero attached hydrogens (tertiary/aromatic N) is 2. The number of carbonyl (C=O) groups excluding carboxylic acids is 1. The maximum atomic E-state index is 12.3. The minimum Gasteiger partial charge on any atom is -0.486 e. The van der Waals surface area contributed by atoms with Crippen LogP contribution in [0.3, 0.4) is 0 Å². The van der Waals surface area contributed by atoms with Crippen molar-refractivity contribution in [3.63, 3.8) is 0 Å². The van der Waals surface area contributed by atoms with Gasteiger partial charge in [0.2, 0.25) is 5.91 Å². The van der Waals surface area contributed by atoms with E-state index in [0.717, 1.165) is 0 Å². The van der Waals surface area contributed by atoms with Gasteiger partial charge in [0.15, 0.2) is 11.5 Å². The fourth-order valence-electron chi connectivity index (χ4n) is 2.61. The number of benzene rings is 1. The maximum Gasteiger partial charge on any atom is 0.262 e. The zero-order valence-corrected chi connectivity index (χ0v) is 14.0. The smallest absolute Gasteiger partial charge is 0.262 e. The van der Waals surface area contributed by atoms with Crippen molar-refractivity contribution in [1.29, 1.82) is 0 Å². The molecule has 0 radical (unpaired) electrons. The van der Waals surface area contributed by atoms with Crippen LogP contribution in [-0.4, -0.2) is 34.7 Å². The van der Waals surface area contributed by atoms with Crippen LogP contribution in [0.1, 0.15) is 0 Å². The molecule has 0 saturated carbocycles. The van der Waals surface area contributed by atoms with Gasteiger partial charge in [0.05, 0.1) is 18.3 Å². The number of amides is 1. The minimum atomic E-state index is -0.277. The van der Waals surface area contributed by atoms with Crippen LogP contribution in [0.2, 0.25) is 0 Å². The molecule has 4 rings (SSSR count). The maximum absolute atomic E-state index is 12.3. The third-order valence-corrected chi connectivity index (χ3v) is 4.68. The predicted octanol–water partition coefficient (Wildman–Crippen LogP) is 1.41. The van der Waals surface area contributed by atoms with E-state index >= 15 is 0 Å². The number of thiophene rings is 1. The molecule has 3 aromatic rings. The normalized spacial score (nSPS) is 15.9. The first-order valence-corrected chi connectivity index (χ1v) is 8.66. The van der Waals surface area contributed by atoms with Crippen LogP contribution >= 0.6 is 11.3 Å².